The van der Waals surface area contributed by atoms with Crippen LogP contribution < -0.4 is 15.5 Å². The number of hydrogen-bond donors (Lipinski definition) is 2. The van der Waals surface area contributed by atoms with Gasteiger partial charge in [0.25, 0.3) is 0 Å². The number of aryl methyl sites for hydroxylation is 1. The molecule has 1 unspecified atom stereocenters. The Morgan fingerprint density at radius 2 is 2.00 bits per heavy atom. The maximum absolute atomic E-state index is 4.43. The highest BCUT2D eigenvalue weighted by Crippen LogP contribution is 2.16. The molecule has 0 spiro atoms. The zero-order valence-corrected chi connectivity index (χ0v) is 15.9. The number of benzene rings is 1. The van der Waals surface area contributed by atoms with Crippen molar-refractivity contribution in [1.82, 2.24) is 15.6 Å². The molecular weight excluding hydrogens is 310 g/mol. The predicted octanol–water partition coefficient (Wildman–Crippen LogP) is 2.92. The van der Waals surface area contributed by atoms with E-state index in [4.69, 9.17) is 0 Å². The standard InChI is InChI=1S/C20H29N5/c1-15-8-6-9-17(12-15)16(2)13-23-20(21-3)24-14-18-10-7-11-22-19(18)25(4)5/h6-12,16H,13-14H2,1-5H3,(H2,21,23,24). The number of hydrogen-bond acceptors (Lipinski definition) is 3. The van der Waals surface area contributed by atoms with Crippen LogP contribution in [0.3, 0.4) is 0 Å². The summed E-state index contributed by atoms with van der Waals surface area (Å²) in [4.78, 5) is 10.8. The van der Waals surface area contributed by atoms with Gasteiger partial charge in [0, 0.05) is 46.0 Å². The first-order chi connectivity index (χ1) is 12.0. The third-order valence-corrected chi connectivity index (χ3v) is 4.15. The summed E-state index contributed by atoms with van der Waals surface area (Å²) in [5.74, 6) is 2.18. The van der Waals surface area contributed by atoms with Gasteiger partial charge in [0.2, 0.25) is 0 Å². The Hall–Kier alpha value is -2.56. The van der Waals surface area contributed by atoms with E-state index in [0.717, 1.165) is 23.9 Å². The van der Waals surface area contributed by atoms with E-state index in [1.807, 2.05) is 31.3 Å². The Kier molecular flexibility index (Phi) is 6.81. The van der Waals surface area contributed by atoms with Gasteiger partial charge in [-0.15, -0.1) is 0 Å². The Morgan fingerprint density at radius 1 is 1.20 bits per heavy atom. The summed E-state index contributed by atoms with van der Waals surface area (Å²) >= 11 is 0. The van der Waals surface area contributed by atoms with Crippen molar-refractivity contribution in [2.75, 3.05) is 32.6 Å². The van der Waals surface area contributed by atoms with Gasteiger partial charge in [0.05, 0.1) is 0 Å². The Balaban J connectivity index is 1.91. The number of anilines is 1. The molecule has 0 aliphatic heterocycles. The average Bonchev–Trinajstić information content (AvgIpc) is 2.61. The van der Waals surface area contributed by atoms with Crippen molar-refractivity contribution in [2.45, 2.75) is 26.3 Å². The number of nitrogens with zero attached hydrogens (tertiary/aromatic N) is 3. The molecule has 5 nitrogen and oxygen atoms in total. The molecule has 2 N–H and O–H groups in total. The lowest BCUT2D eigenvalue weighted by molar-refractivity contribution is 0.698. The third kappa shape index (κ3) is 5.48. The number of rotatable bonds is 6. The fraction of sp³-hybridized carbons (Fsp3) is 0.400. The van der Waals surface area contributed by atoms with Crippen LogP contribution >= 0.6 is 0 Å². The van der Waals surface area contributed by atoms with Crippen LogP contribution in [0.15, 0.2) is 47.6 Å². The zero-order chi connectivity index (χ0) is 18.2. The van der Waals surface area contributed by atoms with Crippen molar-refractivity contribution in [3.63, 3.8) is 0 Å². The second kappa shape index (κ2) is 9.06. The lowest BCUT2D eigenvalue weighted by atomic mass is 9.99. The number of aliphatic imine (C=N–C) groups is 1. The fourth-order valence-corrected chi connectivity index (χ4v) is 2.71. The summed E-state index contributed by atoms with van der Waals surface area (Å²) in [5, 5.41) is 6.78. The highest BCUT2D eigenvalue weighted by Gasteiger charge is 2.09. The smallest absolute Gasteiger partial charge is 0.191 e. The first-order valence-corrected chi connectivity index (χ1v) is 8.63. The van der Waals surface area contributed by atoms with Gasteiger partial charge in [-0.3, -0.25) is 4.99 Å². The molecule has 0 aliphatic rings. The van der Waals surface area contributed by atoms with Gasteiger partial charge in [-0.25, -0.2) is 4.98 Å². The van der Waals surface area contributed by atoms with E-state index in [0.29, 0.717) is 12.5 Å². The normalized spacial score (nSPS) is 12.6. The van der Waals surface area contributed by atoms with Gasteiger partial charge < -0.3 is 15.5 Å². The predicted molar refractivity (Wildman–Crippen MR) is 106 cm³/mol. The first kappa shape index (κ1) is 18.8. The fourth-order valence-electron chi connectivity index (χ4n) is 2.71. The van der Waals surface area contributed by atoms with Gasteiger partial charge in [0.15, 0.2) is 5.96 Å². The summed E-state index contributed by atoms with van der Waals surface area (Å²) in [6, 6.07) is 12.7. The molecule has 0 saturated carbocycles. The molecule has 0 radical (unpaired) electrons. The molecule has 0 saturated heterocycles. The summed E-state index contributed by atoms with van der Waals surface area (Å²) < 4.78 is 0. The minimum Gasteiger partial charge on any atom is -0.362 e. The Morgan fingerprint density at radius 3 is 2.68 bits per heavy atom. The minimum absolute atomic E-state index is 0.411. The molecule has 1 aromatic heterocycles. The van der Waals surface area contributed by atoms with Crippen molar-refractivity contribution in [2.24, 2.45) is 4.99 Å². The molecule has 1 aromatic carbocycles. The van der Waals surface area contributed by atoms with Crippen molar-refractivity contribution >= 4 is 11.8 Å². The van der Waals surface area contributed by atoms with Gasteiger partial charge in [0.1, 0.15) is 5.82 Å². The van der Waals surface area contributed by atoms with E-state index in [9.17, 15) is 0 Å². The molecule has 0 aliphatic carbocycles. The third-order valence-electron chi connectivity index (χ3n) is 4.15. The van der Waals surface area contributed by atoms with Crippen LogP contribution in [-0.4, -0.2) is 38.6 Å². The molecule has 1 heterocycles. The molecular formula is C20H29N5. The van der Waals surface area contributed by atoms with Gasteiger partial charge in [-0.2, -0.15) is 0 Å². The van der Waals surface area contributed by atoms with Gasteiger partial charge >= 0.3 is 0 Å². The molecule has 2 aromatic rings. The monoisotopic (exact) mass is 339 g/mol. The summed E-state index contributed by atoms with van der Waals surface area (Å²) in [6.07, 6.45) is 1.81. The van der Waals surface area contributed by atoms with Crippen LogP contribution in [-0.2, 0) is 6.54 Å². The largest absolute Gasteiger partial charge is 0.362 e. The van der Waals surface area contributed by atoms with Crippen LogP contribution in [0.25, 0.3) is 0 Å². The summed E-state index contributed by atoms with van der Waals surface area (Å²) in [7, 11) is 5.80. The summed E-state index contributed by atoms with van der Waals surface area (Å²) in [6.45, 7) is 5.86. The van der Waals surface area contributed by atoms with Crippen molar-refractivity contribution in [1.29, 1.82) is 0 Å². The maximum Gasteiger partial charge on any atom is 0.191 e. The molecule has 25 heavy (non-hydrogen) atoms. The Labute approximate surface area is 151 Å². The molecule has 1 atom stereocenters. The van der Waals surface area contributed by atoms with Crippen LogP contribution in [0.4, 0.5) is 5.82 Å². The average molecular weight is 339 g/mol. The maximum atomic E-state index is 4.43. The van der Waals surface area contributed by atoms with E-state index < -0.39 is 0 Å². The summed E-state index contributed by atoms with van der Waals surface area (Å²) in [5.41, 5.74) is 3.77. The van der Waals surface area contributed by atoms with Crippen LogP contribution in [0.1, 0.15) is 29.5 Å². The van der Waals surface area contributed by atoms with Crippen LogP contribution in [0, 0.1) is 6.92 Å². The molecule has 134 valence electrons. The zero-order valence-electron chi connectivity index (χ0n) is 15.9. The molecule has 0 bridgehead atoms. The van der Waals surface area contributed by atoms with Crippen LogP contribution in [0.5, 0.6) is 0 Å². The van der Waals surface area contributed by atoms with Gasteiger partial charge in [-0.05, 0) is 24.5 Å². The number of guanidine groups is 1. The molecule has 2 rings (SSSR count). The molecule has 0 fully saturated rings. The molecule has 5 heteroatoms. The van der Waals surface area contributed by atoms with Gasteiger partial charge in [-0.1, -0.05) is 42.8 Å². The van der Waals surface area contributed by atoms with Crippen LogP contribution in [0.2, 0.25) is 0 Å². The minimum atomic E-state index is 0.411. The van der Waals surface area contributed by atoms with E-state index in [2.05, 4.69) is 64.8 Å². The second-order valence-electron chi connectivity index (χ2n) is 6.50. The highest BCUT2D eigenvalue weighted by molar-refractivity contribution is 5.79. The van der Waals surface area contributed by atoms with E-state index in [-0.39, 0.29) is 0 Å². The first-order valence-electron chi connectivity index (χ1n) is 8.63. The van der Waals surface area contributed by atoms with Crippen molar-refractivity contribution < 1.29 is 0 Å². The van der Waals surface area contributed by atoms with E-state index in [1.165, 1.54) is 11.1 Å². The number of pyridine rings is 1. The number of aromatic nitrogens is 1. The molecule has 0 amide bonds. The topological polar surface area (TPSA) is 52.6 Å². The number of nitrogens with one attached hydrogen (secondary N) is 2. The van der Waals surface area contributed by atoms with E-state index in [1.54, 1.807) is 7.05 Å². The SMILES string of the molecule is CN=C(NCc1cccnc1N(C)C)NCC(C)c1cccc(C)c1. The lowest BCUT2D eigenvalue weighted by Crippen LogP contribution is -2.38. The lowest BCUT2D eigenvalue weighted by Gasteiger charge is -2.19. The highest BCUT2D eigenvalue weighted by atomic mass is 15.2. The Bertz CT molecular complexity index is 709. The van der Waals surface area contributed by atoms with Crippen molar-refractivity contribution in [3.05, 3.63) is 59.3 Å². The second-order valence-corrected chi connectivity index (χ2v) is 6.50. The van der Waals surface area contributed by atoms with Crippen molar-refractivity contribution in [3.8, 4) is 0 Å². The van der Waals surface area contributed by atoms with E-state index >= 15 is 0 Å². The quantitative estimate of drug-likeness (QED) is 0.628.